The minimum Gasteiger partial charge on any atom is -0.481 e. The summed E-state index contributed by atoms with van der Waals surface area (Å²) in [5.41, 5.74) is 0.976. The van der Waals surface area contributed by atoms with Crippen LogP contribution in [0.5, 0.6) is 0 Å². The van der Waals surface area contributed by atoms with Crippen LogP contribution in [0, 0.1) is 0 Å². The van der Waals surface area contributed by atoms with Gasteiger partial charge in [-0.15, -0.1) is 12.6 Å². The zero-order valence-corrected chi connectivity index (χ0v) is 8.49. The summed E-state index contributed by atoms with van der Waals surface area (Å²) in [6, 6.07) is 4.92. The van der Waals surface area contributed by atoms with Crippen LogP contribution in [0.4, 0.5) is 0 Å². The molecule has 4 heteroatoms. The summed E-state index contributed by atoms with van der Waals surface area (Å²) in [4.78, 5) is 21.7. The highest BCUT2D eigenvalue weighted by molar-refractivity contribution is 7.80. The third-order valence-electron chi connectivity index (χ3n) is 2.06. The summed E-state index contributed by atoms with van der Waals surface area (Å²) in [6.45, 7) is 1.56. The van der Waals surface area contributed by atoms with Crippen LogP contribution in [0.3, 0.4) is 0 Å². The fourth-order valence-corrected chi connectivity index (χ4v) is 1.55. The first-order chi connectivity index (χ1) is 6.57. The molecule has 0 aliphatic carbocycles. The smallest absolute Gasteiger partial charge is 0.310 e. The number of benzene rings is 1. The number of hydrogen-bond acceptors (Lipinski definition) is 3. The highest BCUT2D eigenvalue weighted by Gasteiger charge is 2.17. The predicted octanol–water partition coefficient (Wildman–Crippen LogP) is 1.98. The largest absolute Gasteiger partial charge is 0.481 e. The van der Waals surface area contributed by atoms with E-state index in [2.05, 4.69) is 12.6 Å². The van der Waals surface area contributed by atoms with Crippen molar-refractivity contribution >= 4 is 24.9 Å². The molecule has 1 N–H and O–H groups in total. The van der Waals surface area contributed by atoms with Gasteiger partial charge in [0.05, 0.1) is 5.92 Å². The van der Waals surface area contributed by atoms with Crippen molar-refractivity contribution in [3.8, 4) is 0 Å². The van der Waals surface area contributed by atoms with Crippen LogP contribution in [0.15, 0.2) is 23.1 Å². The van der Waals surface area contributed by atoms with Crippen LogP contribution in [0.25, 0.3) is 0 Å². The van der Waals surface area contributed by atoms with Gasteiger partial charge in [-0.2, -0.15) is 0 Å². The number of carbonyl (C=O) groups excluding carboxylic acids is 1. The van der Waals surface area contributed by atoms with Gasteiger partial charge in [-0.25, -0.2) is 0 Å². The zero-order chi connectivity index (χ0) is 10.7. The Morgan fingerprint density at radius 1 is 1.57 bits per heavy atom. The van der Waals surface area contributed by atoms with Crippen LogP contribution in [-0.2, 0) is 4.79 Å². The zero-order valence-electron chi connectivity index (χ0n) is 7.60. The quantitative estimate of drug-likeness (QED) is 0.592. The number of aliphatic carboxylic acids is 1. The van der Waals surface area contributed by atoms with E-state index >= 15 is 0 Å². The van der Waals surface area contributed by atoms with E-state index in [1.807, 2.05) is 0 Å². The maximum absolute atomic E-state index is 10.7. The minimum atomic E-state index is -0.927. The van der Waals surface area contributed by atoms with Crippen LogP contribution in [-0.4, -0.2) is 17.4 Å². The third-order valence-corrected chi connectivity index (χ3v) is 2.58. The second-order valence-electron chi connectivity index (χ2n) is 2.96. The van der Waals surface area contributed by atoms with Crippen molar-refractivity contribution in [3.63, 3.8) is 0 Å². The molecule has 0 aliphatic heterocycles. The maximum Gasteiger partial charge on any atom is 0.310 e. The van der Waals surface area contributed by atoms with Crippen molar-refractivity contribution in [2.24, 2.45) is 0 Å². The van der Waals surface area contributed by atoms with E-state index in [0.717, 1.165) is 0 Å². The van der Waals surface area contributed by atoms with Crippen LogP contribution in [0.1, 0.15) is 28.8 Å². The molecule has 74 valence electrons. The van der Waals surface area contributed by atoms with Gasteiger partial charge in [-0.3, -0.25) is 9.59 Å². The van der Waals surface area contributed by atoms with Crippen LogP contribution >= 0.6 is 12.6 Å². The number of aldehydes is 1. The van der Waals surface area contributed by atoms with Crippen molar-refractivity contribution < 1.29 is 14.7 Å². The predicted molar refractivity (Wildman–Crippen MR) is 55.1 cm³/mol. The number of carboxylic acid groups (broad SMARTS) is 1. The molecule has 1 atom stereocenters. The maximum atomic E-state index is 10.7. The Kier molecular flexibility index (Phi) is 3.30. The molecule has 1 rings (SSSR count). The summed E-state index contributed by atoms with van der Waals surface area (Å²) in [7, 11) is 0. The highest BCUT2D eigenvalue weighted by Crippen LogP contribution is 2.25. The van der Waals surface area contributed by atoms with Crippen LogP contribution in [0.2, 0.25) is 0 Å². The molecule has 3 nitrogen and oxygen atoms in total. The Labute approximate surface area is 87.2 Å². The molecular formula is C10H10O3S. The Morgan fingerprint density at radius 2 is 2.21 bits per heavy atom. The Balaban J connectivity index is 3.21. The number of rotatable bonds is 3. The molecule has 0 aromatic heterocycles. The second-order valence-corrected chi connectivity index (χ2v) is 3.41. The van der Waals surface area contributed by atoms with E-state index in [-0.39, 0.29) is 0 Å². The van der Waals surface area contributed by atoms with E-state index in [9.17, 15) is 9.59 Å². The van der Waals surface area contributed by atoms with Crippen molar-refractivity contribution in [1.29, 1.82) is 0 Å². The summed E-state index contributed by atoms with van der Waals surface area (Å²) < 4.78 is 0. The fraction of sp³-hybridized carbons (Fsp3) is 0.200. The van der Waals surface area contributed by atoms with E-state index < -0.39 is 11.9 Å². The van der Waals surface area contributed by atoms with E-state index in [0.29, 0.717) is 22.3 Å². The lowest BCUT2D eigenvalue weighted by Crippen LogP contribution is -2.08. The normalized spacial score (nSPS) is 12.1. The molecule has 0 amide bonds. The summed E-state index contributed by atoms with van der Waals surface area (Å²) in [5, 5.41) is 8.80. The van der Waals surface area contributed by atoms with E-state index in [4.69, 9.17) is 5.11 Å². The SMILES string of the molecule is CC(C(=O)O)c1cccc(C=O)c1S. The van der Waals surface area contributed by atoms with Gasteiger partial charge < -0.3 is 5.11 Å². The summed E-state index contributed by atoms with van der Waals surface area (Å²) in [5.74, 6) is -1.58. The molecule has 14 heavy (non-hydrogen) atoms. The van der Waals surface area contributed by atoms with Gasteiger partial charge in [-0.05, 0) is 12.5 Å². The average Bonchev–Trinajstić information content (AvgIpc) is 2.17. The van der Waals surface area contributed by atoms with Crippen LogP contribution < -0.4 is 0 Å². The Bertz CT molecular complexity index is 374. The molecule has 1 unspecified atom stereocenters. The van der Waals surface area contributed by atoms with E-state index in [1.165, 1.54) is 0 Å². The number of carboxylic acids is 1. The standard InChI is InChI=1S/C10H10O3S/c1-6(10(12)13)8-4-2-3-7(5-11)9(8)14/h2-6,14H,1H3,(H,12,13). The Morgan fingerprint density at radius 3 is 2.71 bits per heavy atom. The average molecular weight is 210 g/mol. The third kappa shape index (κ3) is 1.96. The van der Waals surface area contributed by atoms with Crippen molar-refractivity contribution in [2.75, 3.05) is 0 Å². The van der Waals surface area contributed by atoms with Gasteiger partial charge in [0.2, 0.25) is 0 Å². The van der Waals surface area contributed by atoms with Crippen molar-refractivity contribution in [1.82, 2.24) is 0 Å². The second kappa shape index (κ2) is 4.28. The molecule has 0 heterocycles. The minimum absolute atomic E-state index is 0.416. The van der Waals surface area contributed by atoms with Gasteiger partial charge in [0, 0.05) is 10.5 Å². The monoisotopic (exact) mass is 210 g/mol. The summed E-state index contributed by atoms with van der Waals surface area (Å²) in [6.07, 6.45) is 0.667. The molecule has 1 aromatic carbocycles. The first-order valence-electron chi connectivity index (χ1n) is 4.07. The number of thiol groups is 1. The van der Waals surface area contributed by atoms with Gasteiger partial charge in [0.25, 0.3) is 0 Å². The summed E-state index contributed by atoms with van der Waals surface area (Å²) >= 11 is 4.13. The lowest BCUT2D eigenvalue weighted by atomic mass is 9.99. The van der Waals surface area contributed by atoms with Gasteiger partial charge >= 0.3 is 5.97 Å². The fourth-order valence-electron chi connectivity index (χ4n) is 1.16. The molecule has 1 aromatic rings. The molecule has 0 spiro atoms. The first-order valence-corrected chi connectivity index (χ1v) is 4.52. The van der Waals surface area contributed by atoms with Gasteiger partial charge in [-0.1, -0.05) is 18.2 Å². The van der Waals surface area contributed by atoms with Gasteiger partial charge in [0.15, 0.2) is 6.29 Å². The molecule has 0 saturated carbocycles. The Hall–Kier alpha value is -1.29. The first kappa shape index (κ1) is 10.8. The van der Waals surface area contributed by atoms with Crippen molar-refractivity contribution in [3.05, 3.63) is 29.3 Å². The molecular weight excluding hydrogens is 200 g/mol. The molecule has 0 radical (unpaired) electrons. The number of hydrogen-bond donors (Lipinski definition) is 2. The molecule has 0 fully saturated rings. The van der Waals surface area contributed by atoms with E-state index in [1.54, 1.807) is 25.1 Å². The lowest BCUT2D eigenvalue weighted by Gasteiger charge is -2.10. The molecule has 0 aliphatic rings. The van der Waals surface area contributed by atoms with Gasteiger partial charge in [0.1, 0.15) is 0 Å². The number of carbonyl (C=O) groups is 2. The molecule has 0 bridgehead atoms. The topological polar surface area (TPSA) is 54.4 Å². The van der Waals surface area contributed by atoms with Crippen molar-refractivity contribution in [2.45, 2.75) is 17.7 Å². The molecule has 0 saturated heterocycles. The highest BCUT2D eigenvalue weighted by atomic mass is 32.1. The lowest BCUT2D eigenvalue weighted by molar-refractivity contribution is -0.138.